The van der Waals surface area contributed by atoms with E-state index in [1.54, 1.807) is 0 Å². The van der Waals surface area contributed by atoms with Gasteiger partial charge in [0.15, 0.2) is 0 Å². The lowest BCUT2D eigenvalue weighted by Gasteiger charge is -2.33. The topological polar surface area (TPSA) is 55.9 Å². The molecule has 0 bridgehead atoms. The molecule has 1 N–H and O–H groups in total. The van der Waals surface area contributed by atoms with Crippen LogP contribution in [0.4, 0.5) is 0 Å². The van der Waals surface area contributed by atoms with Crippen molar-refractivity contribution in [2.24, 2.45) is 5.92 Å². The van der Waals surface area contributed by atoms with E-state index in [-0.39, 0.29) is 42.5 Å². The predicted octanol–water partition coefficient (Wildman–Crippen LogP) is 0.450. The first-order valence-electron chi connectivity index (χ1n) is 7.89. The van der Waals surface area contributed by atoms with Crippen molar-refractivity contribution in [2.75, 3.05) is 53.9 Å². The summed E-state index contributed by atoms with van der Waals surface area (Å²) in [4.78, 5) is 30.4. The zero-order chi connectivity index (χ0) is 15.4. The maximum atomic E-state index is 12.5. The first-order chi connectivity index (χ1) is 10.0. The molecule has 8 heteroatoms. The highest BCUT2D eigenvalue weighted by Gasteiger charge is 2.37. The van der Waals surface area contributed by atoms with Crippen LogP contribution in [0.2, 0.25) is 0 Å². The highest BCUT2D eigenvalue weighted by molar-refractivity contribution is 5.89. The molecular weight excluding hydrogens is 339 g/mol. The molecule has 2 rings (SSSR count). The second kappa shape index (κ2) is 10.3. The van der Waals surface area contributed by atoms with Gasteiger partial charge in [-0.1, -0.05) is 0 Å². The molecule has 0 radical (unpaired) electrons. The van der Waals surface area contributed by atoms with Crippen LogP contribution in [0.3, 0.4) is 0 Å². The molecule has 2 fully saturated rings. The number of nitrogens with zero attached hydrogens (tertiary/aromatic N) is 3. The fourth-order valence-corrected chi connectivity index (χ4v) is 3.12. The van der Waals surface area contributed by atoms with Gasteiger partial charge in [-0.25, -0.2) is 0 Å². The quantitative estimate of drug-likeness (QED) is 0.765. The Labute approximate surface area is 151 Å². The third-order valence-corrected chi connectivity index (χ3v) is 4.60. The van der Waals surface area contributed by atoms with Crippen LogP contribution in [-0.4, -0.2) is 86.4 Å². The highest BCUT2D eigenvalue weighted by Crippen LogP contribution is 2.22. The highest BCUT2D eigenvalue weighted by atomic mass is 35.5. The van der Waals surface area contributed by atoms with E-state index in [2.05, 4.69) is 10.2 Å². The van der Waals surface area contributed by atoms with E-state index in [1.807, 2.05) is 30.9 Å². The summed E-state index contributed by atoms with van der Waals surface area (Å²) in [5.74, 6) is 0.163. The summed E-state index contributed by atoms with van der Waals surface area (Å²) in [7, 11) is 5.96. The monoisotopic (exact) mass is 368 g/mol. The number of likely N-dealkylation sites (N-methyl/N-ethyl adjacent to an activating group) is 1. The minimum atomic E-state index is -0.134. The Morgan fingerprint density at radius 1 is 1.26 bits per heavy atom. The van der Waals surface area contributed by atoms with Crippen LogP contribution in [0.25, 0.3) is 0 Å². The molecule has 0 aromatic heterocycles. The molecule has 1 unspecified atom stereocenters. The van der Waals surface area contributed by atoms with Gasteiger partial charge in [0.05, 0.1) is 5.92 Å². The van der Waals surface area contributed by atoms with E-state index in [0.29, 0.717) is 19.0 Å². The molecule has 2 amide bonds. The zero-order valence-corrected chi connectivity index (χ0v) is 15.9. The first-order valence-corrected chi connectivity index (χ1v) is 7.89. The summed E-state index contributed by atoms with van der Waals surface area (Å²) in [6.07, 6.45) is 2.40. The summed E-state index contributed by atoms with van der Waals surface area (Å²) in [5, 5.41) is 3.27. The number of rotatable bonds is 5. The lowest BCUT2D eigenvalue weighted by atomic mass is 10.0. The summed E-state index contributed by atoms with van der Waals surface area (Å²) < 4.78 is 0. The van der Waals surface area contributed by atoms with Crippen molar-refractivity contribution in [1.29, 1.82) is 0 Å². The molecule has 0 aromatic carbocycles. The number of hydrogen-bond acceptors (Lipinski definition) is 4. The summed E-state index contributed by atoms with van der Waals surface area (Å²) in [5.41, 5.74) is 0. The lowest BCUT2D eigenvalue weighted by Crippen LogP contribution is -2.46. The minimum Gasteiger partial charge on any atom is -0.342 e. The van der Waals surface area contributed by atoms with Crippen molar-refractivity contribution in [3.63, 3.8) is 0 Å². The number of halogens is 2. The number of piperidine rings is 1. The lowest BCUT2D eigenvalue weighted by molar-refractivity contribution is -0.136. The third kappa shape index (κ3) is 6.10. The number of nitrogens with one attached hydrogen (secondary N) is 1. The van der Waals surface area contributed by atoms with Crippen molar-refractivity contribution in [3.8, 4) is 0 Å². The molecule has 136 valence electrons. The van der Waals surface area contributed by atoms with Crippen molar-refractivity contribution < 1.29 is 9.59 Å². The Morgan fingerprint density at radius 3 is 2.39 bits per heavy atom. The normalized spacial score (nSPS) is 22.1. The summed E-state index contributed by atoms with van der Waals surface area (Å²) >= 11 is 0. The standard InChI is InChI=1S/C15H28N4O2.2ClH/c1-16-13-4-6-18(7-5-13)15(21)12-10-14(20)19(11-12)9-8-17(2)3;;/h12-13,16H,4-11H2,1-3H3;2*1H. The average molecular weight is 369 g/mol. The van der Waals surface area contributed by atoms with Crippen LogP contribution >= 0.6 is 24.8 Å². The Balaban J connectivity index is 0.00000242. The Morgan fingerprint density at radius 2 is 1.87 bits per heavy atom. The van der Waals surface area contributed by atoms with Gasteiger partial charge in [-0.05, 0) is 34.0 Å². The number of likely N-dealkylation sites (tertiary alicyclic amines) is 2. The molecule has 2 aliphatic heterocycles. The number of carbonyl (C=O) groups excluding carboxylic acids is 2. The fourth-order valence-electron chi connectivity index (χ4n) is 3.12. The van der Waals surface area contributed by atoms with Crippen LogP contribution in [0.1, 0.15) is 19.3 Å². The van der Waals surface area contributed by atoms with Crippen molar-refractivity contribution in [3.05, 3.63) is 0 Å². The van der Waals surface area contributed by atoms with Crippen LogP contribution < -0.4 is 5.32 Å². The molecule has 2 aliphatic rings. The van der Waals surface area contributed by atoms with E-state index in [9.17, 15) is 9.59 Å². The molecule has 0 aromatic rings. The van der Waals surface area contributed by atoms with E-state index < -0.39 is 0 Å². The molecule has 2 heterocycles. The fraction of sp³-hybridized carbons (Fsp3) is 0.867. The van der Waals surface area contributed by atoms with Gasteiger partial charge in [0.25, 0.3) is 0 Å². The largest absolute Gasteiger partial charge is 0.342 e. The number of hydrogen-bond donors (Lipinski definition) is 1. The SMILES string of the molecule is CNC1CCN(C(=O)C2CC(=O)N(CCN(C)C)C2)CC1.Cl.Cl. The maximum Gasteiger partial charge on any atom is 0.227 e. The van der Waals surface area contributed by atoms with Crippen molar-refractivity contribution in [1.82, 2.24) is 20.0 Å². The third-order valence-electron chi connectivity index (χ3n) is 4.60. The molecule has 2 saturated heterocycles. The van der Waals surface area contributed by atoms with Gasteiger partial charge in [0, 0.05) is 45.2 Å². The summed E-state index contributed by atoms with van der Waals surface area (Å²) in [6, 6.07) is 0.524. The van der Waals surface area contributed by atoms with Crippen LogP contribution in [0.5, 0.6) is 0 Å². The van der Waals surface area contributed by atoms with E-state index in [1.165, 1.54) is 0 Å². The Hall–Kier alpha value is -0.560. The second-order valence-electron chi connectivity index (χ2n) is 6.43. The van der Waals surface area contributed by atoms with Crippen LogP contribution in [-0.2, 0) is 9.59 Å². The van der Waals surface area contributed by atoms with Gasteiger partial charge in [0.2, 0.25) is 11.8 Å². The second-order valence-corrected chi connectivity index (χ2v) is 6.43. The molecule has 0 aliphatic carbocycles. The predicted molar refractivity (Wildman–Crippen MR) is 96.4 cm³/mol. The Kier molecular flexibility index (Phi) is 10.1. The molecule has 23 heavy (non-hydrogen) atoms. The number of amides is 2. The van der Waals surface area contributed by atoms with Crippen LogP contribution in [0, 0.1) is 5.92 Å². The van der Waals surface area contributed by atoms with E-state index in [4.69, 9.17) is 0 Å². The van der Waals surface area contributed by atoms with E-state index >= 15 is 0 Å². The van der Waals surface area contributed by atoms with Gasteiger partial charge < -0.3 is 20.0 Å². The number of carbonyl (C=O) groups is 2. The van der Waals surface area contributed by atoms with Gasteiger partial charge in [-0.15, -0.1) is 24.8 Å². The van der Waals surface area contributed by atoms with Gasteiger partial charge in [0.1, 0.15) is 0 Å². The zero-order valence-electron chi connectivity index (χ0n) is 14.3. The van der Waals surface area contributed by atoms with Gasteiger partial charge in [-0.3, -0.25) is 9.59 Å². The minimum absolute atomic E-state index is 0. The maximum absolute atomic E-state index is 12.5. The van der Waals surface area contributed by atoms with Gasteiger partial charge >= 0.3 is 0 Å². The van der Waals surface area contributed by atoms with Crippen molar-refractivity contribution >= 4 is 36.6 Å². The van der Waals surface area contributed by atoms with Gasteiger partial charge in [-0.2, -0.15) is 0 Å². The smallest absolute Gasteiger partial charge is 0.227 e. The first kappa shape index (κ1) is 22.4. The molecular formula is C15H30Cl2N4O2. The molecule has 1 atom stereocenters. The summed E-state index contributed by atoms with van der Waals surface area (Å²) in [6.45, 7) is 3.79. The van der Waals surface area contributed by atoms with Crippen LogP contribution in [0.15, 0.2) is 0 Å². The Bertz CT molecular complexity index is 388. The van der Waals surface area contributed by atoms with E-state index in [0.717, 1.165) is 39.0 Å². The average Bonchev–Trinajstić information content (AvgIpc) is 2.85. The molecule has 0 spiro atoms. The van der Waals surface area contributed by atoms with Crippen molar-refractivity contribution in [2.45, 2.75) is 25.3 Å². The molecule has 6 nitrogen and oxygen atoms in total. The molecule has 0 saturated carbocycles.